The highest BCUT2D eigenvalue weighted by Crippen LogP contribution is 2.27. The van der Waals surface area contributed by atoms with Gasteiger partial charge in [0.2, 0.25) is 5.95 Å². The number of hydrogen-bond acceptors (Lipinski definition) is 5. The molecular weight excluding hydrogens is 350 g/mol. The van der Waals surface area contributed by atoms with E-state index in [9.17, 15) is 5.11 Å². The highest BCUT2D eigenvalue weighted by Gasteiger charge is 2.18. The van der Waals surface area contributed by atoms with Crippen LogP contribution in [0.2, 0.25) is 0 Å². The van der Waals surface area contributed by atoms with E-state index in [2.05, 4.69) is 58.1 Å². The molecule has 3 heterocycles. The van der Waals surface area contributed by atoms with Crippen molar-refractivity contribution in [3.63, 3.8) is 0 Å². The number of piperidine rings is 1. The summed E-state index contributed by atoms with van der Waals surface area (Å²) < 4.78 is 0. The van der Waals surface area contributed by atoms with Crippen molar-refractivity contribution < 1.29 is 5.11 Å². The van der Waals surface area contributed by atoms with Crippen LogP contribution < -0.4 is 10.2 Å². The first-order chi connectivity index (χ1) is 13.5. The standard InChI is InChI=1S/C22H29N5O/c1-4-19-15(3)18-12-14(2)11-16(21(18)25-19)13-24-22-23-8-5-20(26-22)27-9-6-17(28)7-10-27/h5,8,11-12,17,25,28H,4,6-7,9-10,13H2,1-3H3,(H,23,24,26). The Bertz CT molecular complexity index is 972. The quantitative estimate of drug-likeness (QED) is 0.630. The average Bonchev–Trinajstić information content (AvgIpc) is 3.03. The van der Waals surface area contributed by atoms with Crippen LogP contribution in [0.5, 0.6) is 0 Å². The largest absolute Gasteiger partial charge is 0.393 e. The Kier molecular flexibility index (Phi) is 5.22. The van der Waals surface area contributed by atoms with Crippen molar-refractivity contribution in [2.24, 2.45) is 0 Å². The summed E-state index contributed by atoms with van der Waals surface area (Å²) in [5, 5.41) is 14.4. The number of aromatic amines is 1. The van der Waals surface area contributed by atoms with Gasteiger partial charge in [-0.1, -0.05) is 18.6 Å². The number of benzene rings is 1. The third-order valence-corrected chi connectivity index (χ3v) is 5.72. The van der Waals surface area contributed by atoms with E-state index in [-0.39, 0.29) is 6.10 Å². The normalized spacial score (nSPS) is 15.4. The number of anilines is 2. The molecule has 0 aliphatic carbocycles. The lowest BCUT2D eigenvalue weighted by Gasteiger charge is -2.30. The molecule has 0 bridgehead atoms. The molecule has 0 atom stereocenters. The smallest absolute Gasteiger partial charge is 0.224 e. The monoisotopic (exact) mass is 379 g/mol. The molecule has 0 amide bonds. The van der Waals surface area contributed by atoms with Gasteiger partial charge in [0.1, 0.15) is 5.82 Å². The van der Waals surface area contributed by atoms with E-state index < -0.39 is 0 Å². The molecular formula is C22H29N5O. The second kappa shape index (κ2) is 7.80. The van der Waals surface area contributed by atoms with Crippen molar-refractivity contribution in [3.8, 4) is 0 Å². The number of fused-ring (bicyclic) bond motifs is 1. The zero-order valence-electron chi connectivity index (χ0n) is 16.9. The fraction of sp³-hybridized carbons (Fsp3) is 0.455. The van der Waals surface area contributed by atoms with Gasteiger partial charge in [0, 0.05) is 36.9 Å². The maximum Gasteiger partial charge on any atom is 0.224 e. The molecule has 3 N–H and O–H groups in total. The summed E-state index contributed by atoms with van der Waals surface area (Å²) in [6, 6.07) is 6.42. The van der Waals surface area contributed by atoms with Gasteiger partial charge in [0.05, 0.1) is 11.6 Å². The molecule has 0 saturated carbocycles. The lowest BCUT2D eigenvalue weighted by atomic mass is 10.0. The molecule has 4 rings (SSSR count). The Morgan fingerprint density at radius 2 is 2.04 bits per heavy atom. The molecule has 0 radical (unpaired) electrons. The predicted octanol–water partition coefficient (Wildman–Crippen LogP) is 3.71. The van der Waals surface area contributed by atoms with Crippen LogP contribution in [-0.2, 0) is 13.0 Å². The van der Waals surface area contributed by atoms with Gasteiger partial charge >= 0.3 is 0 Å². The predicted molar refractivity (Wildman–Crippen MR) is 114 cm³/mol. The minimum absolute atomic E-state index is 0.184. The van der Waals surface area contributed by atoms with E-state index >= 15 is 0 Å². The number of aryl methyl sites for hydroxylation is 3. The minimum atomic E-state index is -0.184. The second-order valence-corrected chi connectivity index (χ2v) is 7.74. The number of aromatic nitrogens is 3. The van der Waals surface area contributed by atoms with Gasteiger partial charge in [-0.15, -0.1) is 0 Å². The third kappa shape index (κ3) is 3.69. The molecule has 0 spiro atoms. The molecule has 1 aliphatic rings. The first-order valence-electron chi connectivity index (χ1n) is 10.2. The summed E-state index contributed by atoms with van der Waals surface area (Å²) >= 11 is 0. The number of aliphatic hydroxyl groups is 1. The van der Waals surface area contributed by atoms with Crippen LogP contribution in [0.15, 0.2) is 24.4 Å². The number of rotatable bonds is 5. The van der Waals surface area contributed by atoms with Crippen LogP contribution >= 0.6 is 0 Å². The molecule has 1 aromatic carbocycles. The third-order valence-electron chi connectivity index (χ3n) is 5.72. The van der Waals surface area contributed by atoms with Gasteiger partial charge in [-0.3, -0.25) is 0 Å². The highest BCUT2D eigenvalue weighted by atomic mass is 16.3. The molecule has 6 heteroatoms. The first-order valence-corrected chi connectivity index (χ1v) is 10.2. The van der Waals surface area contributed by atoms with Crippen LogP contribution in [0.3, 0.4) is 0 Å². The lowest BCUT2D eigenvalue weighted by molar-refractivity contribution is 0.145. The number of H-pyrrole nitrogens is 1. The van der Waals surface area contributed by atoms with Crippen molar-refractivity contribution in [1.29, 1.82) is 0 Å². The molecule has 0 unspecified atom stereocenters. The topological polar surface area (TPSA) is 77.1 Å². The lowest BCUT2D eigenvalue weighted by Crippen LogP contribution is -2.36. The van der Waals surface area contributed by atoms with Crippen molar-refractivity contribution in [1.82, 2.24) is 15.0 Å². The Balaban J connectivity index is 1.54. The van der Waals surface area contributed by atoms with Crippen LogP contribution in [-0.4, -0.2) is 39.3 Å². The van der Waals surface area contributed by atoms with E-state index in [1.54, 1.807) is 6.20 Å². The summed E-state index contributed by atoms with van der Waals surface area (Å²) in [5.41, 5.74) is 6.33. The van der Waals surface area contributed by atoms with E-state index in [0.29, 0.717) is 12.5 Å². The van der Waals surface area contributed by atoms with E-state index in [1.165, 1.54) is 33.3 Å². The zero-order valence-corrected chi connectivity index (χ0v) is 16.9. The van der Waals surface area contributed by atoms with Gasteiger partial charge in [-0.05, 0) is 56.4 Å². The van der Waals surface area contributed by atoms with Crippen LogP contribution in [0.1, 0.15) is 42.1 Å². The Morgan fingerprint density at radius 1 is 1.25 bits per heavy atom. The first kappa shape index (κ1) is 18.7. The zero-order chi connectivity index (χ0) is 19.7. The molecule has 3 aromatic rings. The Morgan fingerprint density at radius 3 is 2.79 bits per heavy atom. The summed E-state index contributed by atoms with van der Waals surface area (Å²) in [6.45, 7) is 8.85. The fourth-order valence-corrected chi connectivity index (χ4v) is 4.08. The van der Waals surface area contributed by atoms with Crippen LogP contribution in [0.25, 0.3) is 10.9 Å². The van der Waals surface area contributed by atoms with E-state index in [0.717, 1.165) is 38.2 Å². The summed E-state index contributed by atoms with van der Waals surface area (Å²) in [7, 11) is 0. The van der Waals surface area contributed by atoms with Crippen molar-refractivity contribution in [2.75, 3.05) is 23.3 Å². The van der Waals surface area contributed by atoms with Crippen molar-refractivity contribution >= 4 is 22.7 Å². The second-order valence-electron chi connectivity index (χ2n) is 7.74. The van der Waals surface area contributed by atoms with Crippen LogP contribution in [0.4, 0.5) is 11.8 Å². The number of aliphatic hydroxyl groups excluding tert-OH is 1. The summed E-state index contributed by atoms with van der Waals surface area (Å²) in [6.07, 6.45) is 4.20. The average molecular weight is 380 g/mol. The number of nitrogens with one attached hydrogen (secondary N) is 2. The molecule has 1 fully saturated rings. The molecule has 28 heavy (non-hydrogen) atoms. The number of nitrogens with zero attached hydrogens (tertiary/aromatic N) is 3. The molecule has 1 aliphatic heterocycles. The van der Waals surface area contributed by atoms with Crippen LogP contribution in [0, 0.1) is 13.8 Å². The molecule has 148 valence electrons. The minimum Gasteiger partial charge on any atom is -0.393 e. The van der Waals surface area contributed by atoms with E-state index in [1.807, 2.05) is 6.07 Å². The van der Waals surface area contributed by atoms with Gasteiger partial charge in [0.25, 0.3) is 0 Å². The highest BCUT2D eigenvalue weighted by molar-refractivity contribution is 5.88. The summed E-state index contributed by atoms with van der Waals surface area (Å²) in [5.74, 6) is 1.56. The molecule has 1 saturated heterocycles. The maximum absolute atomic E-state index is 9.71. The van der Waals surface area contributed by atoms with Gasteiger partial charge in [0.15, 0.2) is 0 Å². The number of hydrogen-bond donors (Lipinski definition) is 3. The fourth-order valence-electron chi connectivity index (χ4n) is 4.08. The van der Waals surface area contributed by atoms with Crippen molar-refractivity contribution in [2.45, 2.75) is 52.7 Å². The summed E-state index contributed by atoms with van der Waals surface area (Å²) in [4.78, 5) is 14.9. The Hall–Kier alpha value is -2.60. The molecule has 2 aromatic heterocycles. The SMILES string of the molecule is CCc1[nH]c2c(CNc3nccc(N4CCC(O)CC4)n3)cc(C)cc2c1C. The van der Waals surface area contributed by atoms with Gasteiger partial charge in [-0.25, -0.2) is 4.98 Å². The van der Waals surface area contributed by atoms with E-state index in [4.69, 9.17) is 0 Å². The van der Waals surface area contributed by atoms with Gasteiger partial charge < -0.3 is 20.3 Å². The maximum atomic E-state index is 9.71. The van der Waals surface area contributed by atoms with Crippen molar-refractivity contribution in [3.05, 3.63) is 46.8 Å². The Labute approximate surface area is 166 Å². The molecule has 6 nitrogen and oxygen atoms in total. The van der Waals surface area contributed by atoms with Gasteiger partial charge in [-0.2, -0.15) is 4.98 Å².